The number of anilines is 1. The summed E-state index contributed by atoms with van der Waals surface area (Å²) in [6.45, 7) is 0. The van der Waals surface area contributed by atoms with Gasteiger partial charge in [0, 0.05) is 13.2 Å². The fourth-order valence-electron chi connectivity index (χ4n) is 1.59. The molecule has 2 aromatic rings. The molecule has 0 atom stereocenters. The summed E-state index contributed by atoms with van der Waals surface area (Å²) in [5.41, 5.74) is -0.0414. The van der Waals surface area contributed by atoms with Crippen LogP contribution in [0.4, 0.5) is 14.5 Å². The van der Waals surface area contributed by atoms with Crippen LogP contribution in [-0.2, 0) is 0 Å². The lowest BCUT2D eigenvalue weighted by molar-refractivity contribution is 0.0988. The Morgan fingerprint density at radius 3 is 2.68 bits per heavy atom. The molecule has 0 radical (unpaired) electrons. The van der Waals surface area contributed by atoms with Gasteiger partial charge in [-0.1, -0.05) is 17.7 Å². The molecule has 1 aromatic heterocycles. The molecule has 0 spiro atoms. The molecule has 1 amide bonds. The number of halogens is 3. The van der Waals surface area contributed by atoms with Gasteiger partial charge in [-0.3, -0.25) is 4.79 Å². The van der Waals surface area contributed by atoms with Crippen LogP contribution < -0.4 is 4.90 Å². The molecule has 6 heteroatoms. The van der Waals surface area contributed by atoms with E-state index < -0.39 is 17.5 Å². The predicted octanol–water partition coefficient (Wildman–Crippen LogP) is 3.29. The van der Waals surface area contributed by atoms with Crippen molar-refractivity contribution in [3.63, 3.8) is 0 Å². The highest BCUT2D eigenvalue weighted by molar-refractivity contribution is 6.32. The van der Waals surface area contributed by atoms with E-state index in [1.165, 1.54) is 25.4 Å². The lowest BCUT2D eigenvalue weighted by Gasteiger charge is -2.18. The van der Waals surface area contributed by atoms with Crippen LogP contribution in [0.1, 0.15) is 10.4 Å². The van der Waals surface area contributed by atoms with Crippen molar-refractivity contribution >= 4 is 23.2 Å². The molecule has 0 aliphatic rings. The molecular weight excluding hydrogens is 274 g/mol. The number of hydrogen-bond donors (Lipinski definition) is 0. The Kier molecular flexibility index (Phi) is 3.76. The van der Waals surface area contributed by atoms with Crippen LogP contribution in [0.25, 0.3) is 0 Å². The first-order valence-corrected chi connectivity index (χ1v) is 5.72. The van der Waals surface area contributed by atoms with Gasteiger partial charge in [-0.2, -0.15) is 0 Å². The molecule has 0 saturated heterocycles. The number of pyridine rings is 1. The van der Waals surface area contributed by atoms with Gasteiger partial charge in [-0.15, -0.1) is 0 Å². The predicted molar refractivity (Wildman–Crippen MR) is 68.3 cm³/mol. The molecule has 0 bridgehead atoms. The second-order valence-corrected chi connectivity index (χ2v) is 4.14. The molecule has 0 aliphatic heterocycles. The molecular formula is C13H9ClF2N2O. The van der Waals surface area contributed by atoms with Crippen molar-refractivity contribution in [1.29, 1.82) is 0 Å². The van der Waals surface area contributed by atoms with Crippen molar-refractivity contribution in [2.75, 3.05) is 11.9 Å². The lowest BCUT2D eigenvalue weighted by atomic mass is 10.1. The maximum atomic E-state index is 13.6. The molecule has 0 N–H and O–H groups in total. The van der Waals surface area contributed by atoms with Crippen molar-refractivity contribution in [2.24, 2.45) is 0 Å². The van der Waals surface area contributed by atoms with Gasteiger partial charge in [0.05, 0.1) is 11.3 Å². The summed E-state index contributed by atoms with van der Waals surface area (Å²) in [4.78, 5) is 17.0. The van der Waals surface area contributed by atoms with Crippen molar-refractivity contribution in [1.82, 2.24) is 4.98 Å². The van der Waals surface area contributed by atoms with Gasteiger partial charge in [0.1, 0.15) is 0 Å². The van der Waals surface area contributed by atoms with Gasteiger partial charge in [-0.05, 0) is 24.3 Å². The second-order valence-electron chi connectivity index (χ2n) is 3.78. The number of rotatable bonds is 2. The minimum absolute atomic E-state index is 0.107. The van der Waals surface area contributed by atoms with Gasteiger partial charge < -0.3 is 4.90 Å². The first-order chi connectivity index (χ1) is 9.02. The zero-order valence-electron chi connectivity index (χ0n) is 9.90. The smallest absolute Gasteiger partial charge is 0.261 e. The highest BCUT2D eigenvalue weighted by atomic mass is 35.5. The summed E-state index contributed by atoms with van der Waals surface area (Å²) in [5.74, 6) is -2.96. The highest BCUT2D eigenvalue weighted by Gasteiger charge is 2.21. The standard InChI is InChI=1S/C13H9ClF2N2O/c1-18(10-6-3-7-17-12(10)14)13(19)8-4-2-5-9(15)11(8)16/h2-7H,1H3. The van der Waals surface area contributed by atoms with Crippen molar-refractivity contribution in [3.05, 3.63) is 58.9 Å². The first-order valence-electron chi connectivity index (χ1n) is 5.35. The van der Waals surface area contributed by atoms with Crippen LogP contribution in [0.2, 0.25) is 5.15 Å². The minimum Gasteiger partial charge on any atom is -0.308 e. The maximum Gasteiger partial charge on any atom is 0.261 e. The van der Waals surface area contributed by atoms with E-state index in [1.807, 2.05) is 0 Å². The van der Waals surface area contributed by atoms with E-state index in [1.54, 1.807) is 12.1 Å². The lowest BCUT2D eigenvalue weighted by Crippen LogP contribution is -2.27. The van der Waals surface area contributed by atoms with Gasteiger partial charge in [0.2, 0.25) is 0 Å². The topological polar surface area (TPSA) is 33.2 Å². The fourth-order valence-corrected chi connectivity index (χ4v) is 1.83. The first kappa shape index (κ1) is 13.4. The van der Waals surface area contributed by atoms with E-state index in [0.717, 1.165) is 11.0 Å². The van der Waals surface area contributed by atoms with Crippen LogP contribution >= 0.6 is 11.6 Å². The number of carbonyl (C=O) groups is 1. The number of hydrogen-bond acceptors (Lipinski definition) is 2. The van der Waals surface area contributed by atoms with E-state index in [-0.39, 0.29) is 10.7 Å². The minimum atomic E-state index is -1.18. The Hall–Kier alpha value is -2.01. The van der Waals surface area contributed by atoms with E-state index in [0.29, 0.717) is 5.69 Å². The second kappa shape index (κ2) is 5.32. The number of amides is 1. The number of carbonyl (C=O) groups excluding carboxylic acids is 1. The third-order valence-corrected chi connectivity index (χ3v) is 2.88. The summed E-state index contributed by atoms with van der Waals surface area (Å²) in [7, 11) is 1.41. The van der Waals surface area contributed by atoms with Crippen LogP contribution in [-0.4, -0.2) is 17.9 Å². The Morgan fingerprint density at radius 2 is 2.00 bits per heavy atom. The van der Waals surface area contributed by atoms with Gasteiger partial charge in [0.25, 0.3) is 5.91 Å². The molecule has 3 nitrogen and oxygen atoms in total. The van der Waals surface area contributed by atoms with Crippen LogP contribution in [0, 0.1) is 11.6 Å². The highest BCUT2D eigenvalue weighted by Crippen LogP contribution is 2.24. The van der Waals surface area contributed by atoms with Gasteiger partial charge in [-0.25, -0.2) is 13.8 Å². The van der Waals surface area contributed by atoms with Crippen LogP contribution in [0.3, 0.4) is 0 Å². The van der Waals surface area contributed by atoms with Crippen molar-refractivity contribution in [2.45, 2.75) is 0 Å². The molecule has 19 heavy (non-hydrogen) atoms. The summed E-state index contributed by atoms with van der Waals surface area (Å²) in [6, 6.07) is 6.58. The number of aromatic nitrogens is 1. The molecule has 0 aliphatic carbocycles. The molecule has 2 rings (SSSR count). The van der Waals surface area contributed by atoms with E-state index in [2.05, 4.69) is 4.98 Å². The summed E-state index contributed by atoms with van der Waals surface area (Å²) in [6.07, 6.45) is 1.47. The average Bonchev–Trinajstić information content (AvgIpc) is 2.41. The third kappa shape index (κ3) is 2.56. The van der Waals surface area contributed by atoms with Crippen molar-refractivity contribution in [3.8, 4) is 0 Å². The van der Waals surface area contributed by atoms with Crippen LogP contribution in [0.15, 0.2) is 36.5 Å². The summed E-state index contributed by atoms with van der Waals surface area (Å²) >= 11 is 5.85. The van der Waals surface area contributed by atoms with E-state index in [4.69, 9.17) is 11.6 Å². The molecule has 1 heterocycles. The molecule has 0 unspecified atom stereocenters. The molecule has 0 saturated carbocycles. The quantitative estimate of drug-likeness (QED) is 0.792. The normalized spacial score (nSPS) is 10.3. The monoisotopic (exact) mass is 282 g/mol. The SMILES string of the molecule is CN(C(=O)c1cccc(F)c1F)c1cccnc1Cl. The molecule has 1 aromatic carbocycles. The fraction of sp³-hybridized carbons (Fsp3) is 0.0769. The Labute approximate surface area is 113 Å². The Morgan fingerprint density at radius 1 is 1.26 bits per heavy atom. The van der Waals surface area contributed by atoms with Crippen molar-refractivity contribution < 1.29 is 13.6 Å². The zero-order chi connectivity index (χ0) is 14.0. The van der Waals surface area contributed by atoms with Gasteiger partial charge in [0.15, 0.2) is 16.8 Å². The van der Waals surface area contributed by atoms with E-state index >= 15 is 0 Å². The molecule has 98 valence electrons. The third-order valence-electron chi connectivity index (χ3n) is 2.59. The summed E-state index contributed by atoms with van der Waals surface area (Å²) in [5, 5.41) is 0.107. The summed E-state index contributed by atoms with van der Waals surface area (Å²) < 4.78 is 26.7. The zero-order valence-corrected chi connectivity index (χ0v) is 10.7. The average molecular weight is 283 g/mol. The Balaban J connectivity index is 2.40. The maximum absolute atomic E-state index is 13.6. The number of nitrogens with zero attached hydrogens (tertiary/aromatic N) is 2. The largest absolute Gasteiger partial charge is 0.308 e. The van der Waals surface area contributed by atoms with E-state index in [9.17, 15) is 13.6 Å². The Bertz CT molecular complexity index is 634. The van der Waals surface area contributed by atoms with Gasteiger partial charge >= 0.3 is 0 Å². The number of benzene rings is 1. The molecule has 0 fully saturated rings. The van der Waals surface area contributed by atoms with Crippen LogP contribution in [0.5, 0.6) is 0 Å².